The van der Waals surface area contributed by atoms with Crippen LogP contribution >= 0.6 is 7.29 Å². The molecule has 0 radical (unpaired) electrons. The average Bonchev–Trinajstić information content (AvgIpc) is 2.65. The molecule has 0 aromatic heterocycles. The maximum absolute atomic E-state index is 14.2. The molecule has 1 N–H and O–H groups in total. The van der Waals surface area contributed by atoms with E-state index in [1.165, 1.54) is 0 Å². The van der Waals surface area contributed by atoms with Crippen LogP contribution in [0.1, 0.15) is 53.4 Å². The third-order valence-electron chi connectivity index (χ3n) is 4.79. The van der Waals surface area contributed by atoms with Crippen molar-refractivity contribution in [3.8, 4) is 0 Å². The smallest absolute Gasteiger partial charge is 0.204 e. The van der Waals surface area contributed by atoms with E-state index < -0.39 is 7.29 Å². The van der Waals surface area contributed by atoms with Gasteiger partial charge in [-0.2, -0.15) is 0 Å². The van der Waals surface area contributed by atoms with Crippen molar-refractivity contribution in [2.24, 2.45) is 11.8 Å². The molecule has 0 heterocycles. The van der Waals surface area contributed by atoms with Crippen LogP contribution in [-0.4, -0.2) is 6.04 Å². The summed E-state index contributed by atoms with van der Waals surface area (Å²) in [5.74, 6) is 1.32. The minimum Gasteiger partial charge on any atom is -0.297 e. The highest BCUT2D eigenvalue weighted by atomic mass is 31.2. The Morgan fingerprint density at radius 3 is 1.42 bits per heavy atom. The number of hydrogen-bond donors (Lipinski definition) is 1. The van der Waals surface area contributed by atoms with E-state index in [4.69, 9.17) is 0 Å². The molecule has 2 nitrogen and oxygen atoms in total. The van der Waals surface area contributed by atoms with Crippen molar-refractivity contribution >= 4 is 17.9 Å². The van der Waals surface area contributed by atoms with Crippen LogP contribution < -0.4 is 15.7 Å². The number of hydrogen-bond acceptors (Lipinski definition) is 1. The Hall–Kier alpha value is -1.37. The van der Waals surface area contributed by atoms with Crippen LogP contribution in [0.5, 0.6) is 0 Å². The van der Waals surface area contributed by atoms with Crippen molar-refractivity contribution < 1.29 is 4.57 Å². The Kier molecular flexibility index (Phi) is 8.13. The third-order valence-corrected chi connectivity index (χ3v) is 7.57. The largest absolute Gasteiger partial charge is 0.297 e. The van der Waals surface area contributed by atoms with Crippen LogP contribution in [0.15, 0.2) is 60.7 Å². The van der Waals surface area contributed by atoms with E-state index in [2.05, 4.69) is 32.8 Å². The number of rotatable bonds is 10. The summed E-state index contributed by atoms with van der Waals surface area (Å²) in [4.78, 5) is 0. The van der Waals surface area contributed by atoms with Gasteiger partial charge in [0.1, 0.15) is 0 Å². The van der Waals surface area contributed by atoms with Crippen LogP contribution in [0, 0.1) is 11.8 Å². The molecule has 2 aromatic rings. The predicted molar refractivity (Wildman–Crippen MR) is 115 cm³/mol. The zero-order valence-corrected chi connectivity index (χ0v) is 17.6. The standard InChI is InChI=1S/C23H34NOP/c1-19(2)15-17-21(18-16-20(3)4)24-26(25,22-11-7-5-8-12-22)23-13-9-6-10-14-23/h5-14,19-21H,15-18H2,1-4H3,(H,24,25). The van der Waals surface area contributed by atoms with Gasteiger partial charge in [-0.3, -0.25) is 9.65 Å². The third kappa shape index (κ3) is 6.11. The molecule has 0 saturated heterocycles. The maximum Gasteiger partial charge on any atom is 0.204 e. The lowest BCUT2D eigenvalue weighted by molar-refractivity contribution is 0.417. The normalized spacial score (nSPS) is 12.3. The van der Waals surface area contributed by atoms with Crippen LogP contribution in [0.4, 0.5) is 0 Å². The molecule has 0 aliphatic carbocycles. The lowest BCUT2D eigenvalue weighted by atomic mass is 9.97. The molecule has 3 heteroatoms. The van der Waals surface area contributed by atoms with Gasteiger partial charge in [-0.25, -0.2) is 0 Å². The fourth-order valence-corrected chi connectivity index (χ4v) is 5.73. The molecular formula is C23H34NOP. The first-order valence-electron chi connectivity index (χ1n) is 9.91. The molecule has 0 spiro atoms. The van der Waals surface area contributed by atoms with E-state index in [0.717, 1.165) is 36.3 Å². The van der Waals surface area contributed by atoms with Gasteiger partial charge in [0.2, 0.25) is 7.29 Å². The molecule has 0 saturated carbocycles. The summed E-state index contributed by atoms with van der Waals surface area (Å²) < 4.78 is 14.2. The Labute approximate surface area is 159 Å². The first-order chi connectivity index (χ1) is 12.4. The highest BCUT2D eigenvalue weighted by Gasteiger charge is 2.29. The van der Waals surface area contributed by atoms with Crippen molar-refractivity contribution in [3.05, 3.63) is 60.7 Å². The fourth-order valence-electron chi connectivity index (χ4n) is 3.17. The van der Waals surface area contributed by atoms with Crippen LogP contribution in [0.25, 0.3) is 0 Å². The summed E-state index contributed by atoms with van der Waals surface area (Å²) in [6.45, 7) is 9.03. The summed E-state index contributed by atoms with van der Waals surface area (Å²) in [6.07, 6.45) is 4.43. The molecule has 2 aromatic carbocycles. The van der Waals surface area contributed by atoms with Crippen molar-refractivity contribution in [1.29, 1.82) is 0 Å². The van der Waals surface area contributed by atoms with Gasteiger partial charge in [-0.1, -0.05) is 64.1 Å². The Morgan fingerprint density at radius 1 is 0.692 bits per heavy atom. The van der Waals surface area contributed by atoms with E-state index in [9.17, 15) is 4.57 Å². The second-order valence-electron chi connectivity index (χ2n) is 8.05. The van der Waals surface area contributed by atoms with Crippen molar-refractivity contribution in [3.63, 3.8) is 0 Å². The highest BCUT2D eigenvalue weighted by molar-refractivity contribution is 7.76. The molecule has 0 amide bonds. The SMILES string of the molecule is CC(C)CCC(CCC(C)C)NP(=O)(c1ccccc1)c1ccccc1. The molecule has 0 aliphatic heterocycles. The molecular weight excluding hydrogens is 337 g/mol. The molecule has 0 unspecified atom stereocenters. The molecule has 0 atom stereocenters. The van der Waals surface area contributed by atoms with Crippen LogP contribution in [-0.2, 0) is 4.57 Å². The second kappa shape index (κ2) is 10.1. The minimum absolute atomic E-state index is 0.269. The maximum atomic E-state index is 14.2. The van der Waals surface area contributed by atoms with Crippen molar-refractivity contribution in [2.75, 3.05) is 0 Å². The first-order valence-corrected chi connectivity index (χ1v) is 11.6. The predicted octanol–water partition coefficient (Wildman–Crippen LogP) is 5.75. The van der Waals surface area contributed by atoms with Crippen LogP contribution in [0.3, 0.4) is 0 Å². The summed E-state index contributed by atoms with van der Waals surface area (Å²) in [5, 5.41) is 5.42. The van der Waals surface area contributed by atoms with Crippen molar-refractivity contribution in [2.45, 2.75) is 59.4 Å². The summed E-state index contributed by atoms with van der Waals surface area (Å²) in [6, 6.07) is 20.1. The Balaban J connectivity index is 2.32. The zero-order chi connectivity index (χ0) is 19.0. The van der Waals surface area contributed by atoms with Crippen LogP contribution in [0.2, 0.25) is 0 Å². The quantitative estimate of drug-likeness (QED) is 0.539. The summed E-state index contributed by atoms with van der Waals surface area (Å²) in [5.41, 5.74) is 0. The van der Waals surface area contributed by atoms with Gasteiger partial charge in [-0.05, 0) is 61.8 Å². The summed E-state index contributed by atoms with van der Waals surface area (Å²) in [7, 11) is -2.85. The average molecular weight is 372 g/mol. The second-order valence-corrected chi connectivity index (χ2v) is 10.6. The molecule has 2 rings (SSSR count). The van der Waals surface area contributed by atoms with Crippen molar-refractivity contribution in [1.82, 2.24) is 5.09 Å². The molecule has 0 fully saturated rings. The number of benzene rings is 2. The van der Waals surface area contributed by atoms with Gasteiger partial charge in [-0.15, -0.1) is 0 Å². The topological polar surface area (TPSA) is 29.1 Å². The van der Waals surface area contributed by atoms with E-state index in [1.54, 1.807) is 0 Å². The highest BCUT2D eigenvalue weighted by Crippen LogP contribution is 2.40. The fraction of sp³-hybridized carbons (Fsp3) is 0.478. The first kappa shape index (κ1) is 20.9. The number of nitrogens with one attached hydrogen (secondary N) is 1. The van der Waals surface area contributed by atoms with Gasteiger partial charge in [0.15, 0.2) is 0 Å². The van der Waals surface area contributed by atoms with Gasteiger partial charge in [0, 0.05) is 16.7 Å². The van der Waals surface area contributed by atoms with Gasteiger partial charge in [0.25, 0.3) is 0 Å². The van der Waals surface area contributed by atoms with E-state index >= 15 is 0 Å². The Bertz CT molecular complexity index is 626. The lowest BCUT2D eigenvalue weighted by Crippen LogP contribution is -2.35. The van der Waals surface area contributed by atoms with E-state index in [0.29, 0.717) is 11.8 Å². The molecule has 0 bridgehead atoms. The van der Waals surface area contributed by atoms with E-state index in [-0.39, 0.29) is 6.04 Å². The summed E-state index contributed by atoms with van der Waals surface area (Å²) >= 11 is 0. The van der Waals surface area contributed by atoms with Gasteiger partial charge < -0.3 is 0 Å². The minimum atomic E-state index is -2.85. The zero-order valence-electron chi connectivity index (χ0n) is 16.7. The monoisotopic (exact) mass is 371 g/mol. The van der Waals surface area contributed by atoms with Gasteiger partial charge in [0.05, 0.1) is 0 Å². The Morgan fingerprint density at radius 2 is 1.08 bits per heavy atom. The molecule has 0 aliphatic rings. The molecule has 142 valence electrons. The lowest BCUT2D eigenvalue weighted by Gasteiger charge is -2.28. The van der Waals surface area contributed by atoms with E-state index in [1.807, 2.05) is 60.7 Å². The molecule has 26 heavy (non-hydrogen) atoms. The van der Waals surface area contributed by atoms with Gasteiger partial charge >= 0.3 is 0 Å².